The molecule has 2 rings (SSSR count). The highest BCUT2D eigenvalue weighted by molar-refractivity contribution is 7.80. The Labute approximate surface area is 117 Å². The van der Waals surface area contributed by atoms with Gasteiger partial charge < -0.3 is 10.6 Å². The zero-order chi connectivity index (χ0) is 12.6. The molecule has 0 aromatic rings. The van der Waals surface area contributed by atoms with Gasteiger partial charge in [-0.05, 0) is 38.0 Å². The molecule has 102 valence electrons. The van der Waals surface area contributed by atoms with Crippen molar-refractivity contribution in [2.75, 3.05) is 0 Å². The van der Waals surface area contributed by atoms with Gasteiger partial charge in [0.1, 0.15) is 4.99 Å². The normalized spacial score (nSPS) is 23.1. The number of nitrogens with one attached hydrogen (secondary N) is 2. The van der Waals surface area contributed by atoms with Crippen molar-refractivity contribution in [1.29, 1.82) is 0 Å². The summed E-state index contributed by atoms with van der Waals surface area (Å²) in [5.74, 6) is 0. The van der Waals surface area contributed by atoms with E-state index in [-0.39, 0.29) is 0 Å². The summed E-state index contributed by atoms with van der Waals surface area (Å²) in [6, 6.07) is 1.29. The molecule has 0 heterocycles. The van der Waals surface area contributed by atoms with E-state index in [1.165, 1.54) is 64.2 Å². The molecule has 3 heteroatoms. The number of hydrogen-bond donors (Lipinski definition) is 2. The molecular weight excluding hydrogens is 240 g/mol. The van der Waals surface area contributed by atoms with E-state index in [2.05, 4.69) is 10.6 Å². The molecule has 0 spiro atoms. The van der Waals surface area contributed by atoms with Crippen molar-refractivity contribution < 1.29 is 0 Å². The minimum atomic E-state index is 0.616. The zero-order valence-electron chi connectivity index (χ0n) is 11.3. The van der Waals surface area contributed by atoms with Crippen LogP contribution in [0.3, 0.4) is 0 Å². The average Bonchev–Trinajstić information content (AvgIpc) is 2.41. The molecular formula is C15H26N2S. The Morgan fingerprint density at radius 1 is 0.833 bits per heavy atom. The smallest absolute Gasteiger partial charge is 0.100 e. The van der Waals surface area contributed by atoms with Gasteiger partial charge in [0, 0.05) is 12.1 Å². The second-order valence-electron chi connectivity index (χ2n) is 5.68. The predicted octanol–water partition coefficient (Wildman–Crippen LogP) is 3.67. The summed E-state index contributed by atoms with van der Waals surface area (Å²) < 4.78 is 0. The molecule has 18 heavy (non-hydrogen) atoms. The summed E-state index contributed by atoms with van der Waals surface area (Å²) in [5.41, 5.74) is 0. The molecule has 0 aromatic heterocycles. The van der Waals surface area contributed by atoms with Gasteiger partial charge in [-0.1, -0.05) is 50.7 Å². The van der Waals surface area contributed by atoms with Crippen molar-refractivity contribution in [3.63, 3.8) is 0 Å². The molecule has 2 N–H and O–H groups in total. The van der Waals surface area contributed by atoms with Crippen LogP contribution >= 0.6 is 12.2 Å². The van der Waals surface area contributed by atoms with Crippen molar-refractivity contribution in [3.05, 3.63) is 12.3 Å². The van der Waals surface area contributed by atoms with Crippen molar-refractivity contribution >= 4 is 17.2 Å². The third-order valence-electron chi connectivity index (χ3n) is 4.12. The maximum absolute atomic E-state index is 5.36. The zero-order valence-corrected chi connectivity index (χ0v) is 12.1. The van der Waals surface area contributed by atoms with Crippen LogP contribution in [0.4, 0.5) is 0 Å². The van der Waals surface area contributed by atoms with E-state index in [1.54, 1.807) is 0 Å². The Morgan fingerprint density at radius 2 is 1.39 bits per heavy atom. The summed E-state index contributed by atoms with van der Waals surface area (Å²) in [7, 11) is 0. The Morgan fingerprint density at radius 3 is 2.00 bits per heavy atom. The van der Waals surface area contributed by atoms with Crippen molar-refractivity contribution in [2.24, 2.45) is 0 Å². The summed E-state index contributed by atoms with van der Waals surface area (Å²) in [4.78, 5) is 0.894. The van der Waals surface area contributed by atoms with Gasteiger partial charge in [0.2, 0.25) is 0 Å². The molecule has 2 aliphatic carbocycles. The first-order chi connectivity index (χ1) is 8.84. The van der Waals surface area contributed by atoms with E-state index < -0.39 is 0 Å². The first-order valence-corrected chi connectivity index (χ1v) is 7.98. The average molecular weight is 266 g/mol. The fourth-order valence-corrected chi connectivity index (χ4v) is 3.26. The quantitative estimate of drug-likeness (QED) is 0.600. The minimum Gasteiger partial charge on any atom is -0.388 e. The molecule has 2 saturated carbocycles. The van der Waals surface area contributed by atoms with Crippen LogP contribution in [0.1, 0.15) is 64.2 Å². The first-order valence-electron chi connectivity index (χ1n) is 7.58. The summed E-state index contributed by atoms with van der Waals surface area (Å²) >= 11 is 5.36. The van der Waals surface area contributed by atoms with Crippen LogP contribution in [0.5, 0.6) is 0 Å². The number of rotatable bonds is 4. The van der Waals surface area contributed by atoms with Gasteiger partial charge >= 0.3 is 0 Å². The maximum atomic E-state index is 5.36. The second-order valence-corrected chi connectivity index (χ2v) is 6.12. The second kappa shape index (κ2) is 7.78. The molecule has 0 radical (unpaired) electrons. The van der Waals surface area contributed by atoms with Crippen LogP contribution in [-0.2, 0) is 0 Å². The van der Waals surface area contributed by atoms with Gasteiger partial charge in [0.25, 0.3) is 0 Å². The van der Waals surface area contributed by atoms with Crippen LogP contribution in [0, 0.1) is 0 Å². The summed E-state index contributed by atoms with van der Waals surface area (Å²) in [6.45, 7) is 0. The lowest BCUT2D eigenvalue weighted by molar-refractivity contribution is 0.404. The Kier molecular flexibility index (Phi) is 5.98. The fourth-order valence-electron chi connectivity index (χ4n) is 3.03. The third kappa shape index (κ3) is 4.97. The molecule has 0 atom stereocenters. The molecule has 2 nitrogen and oxygen atoms in total. The van der Waals surface area contributed by atoms with E-state index in [0.29, 0.717) is 12.1 Å². The lowest BCUT2D eigenvalue weighted by Crippen LogP contribution is -2.34. The van der Waals surface area contributed by atoms with E-state index in [4.69, 9.17) is 12.2 Å². The lowest BCUT2D eigenvalue weighted by atomic mass is 9.95. The standard InChI is InChI=1S/C15H26N2S/c18-15(17-14-9-5-2-6-10-14)11-12-16-13-7-3-1-4-8-13/h11-14,16H,1-10H2,(H,17,18)/b12-11-. The summed E-state index contributed by atoms with van der Waals surface area (Å²) in [5, 5.41) is 6.94. The highest BCUT2D eigenvalue weighted by atomic mass is 32.1. The van der Waals surface area contributed by atoms with E-state index in [1.807, 2.05) is 12.3 Å². The Hall–Kier alpha value is -0.570. The van der Waals surface area contributed by atoms with Crippen LogP contribution in [0.2, 0.25) is 0 Å². The van der Waals surface area contributed by atoms with Crippen molar-refractivity contribution in [3.8, 4) is 0 Å². The molecule has 0 saturated heterocycles. The van der Waals surface area contributed by atoms with Gasteiger partial charge in [-0.25, -0.2) is 0 Å². The predicted molar refractivity (Wildman–Crippen MR) is 81.8 cm³/mol. The molecule has 0 aromatic carbocycles. The van der Waals surface area contributed by atoms with Crippen molar-refractivity contribution in [2.45, 2.75) is 76.3 Å². The number of thiocarbonyl (C=S) groups is 1. The van der Waals surface area contributed by atoms with Gasteiger partial charge in [-0.3, -0.25) is 0 Å². The van der Waals surface area contributed by atoms with Crippen LogP contribution in [0.15, 0.2) is 12.3 Å². The van der Waals surface area contributed by atoms with Gasteiger partial charge in [0.05, 0.1) is 0 Å². The van der Waals surface area contributed by atoms with Gasteiger partial charge in [-0.15, -0.1) is 0 Å². The van der Waals surface area contributed by atoms with Crippen LogP contribution in [0.25, 0.3) is 0 Å². The molecule has 0 unspecified atom stereocenters. The molecule has 2 aliphatic rings. The SMILES string of the molecule is S=C(/C=C\NC1CCCCC1)NC1CCCCC1. The highest BCUT2D eigenvalue weighted by Crippen LogP contribution is 2.18. The monoisotopic (exact) mass is 266 g/mol. The molecule has 2 fully saturated rings. The van der Waals surface area contributed by atoms with E-state index >= 15 is 0 Å². The largest absolute Gasteiger partial charge is 0.388 e. The molecule has 0 amide bonds. The maximum Gasteiger partial charge on any atom is 0.100 e. The molecule has 0 aliphatic heterocycles. The summed E-state index contributed by atoms with van der Waals surface area (Å²) in [6.07, 6.45) is 17.5. The van der Waals surface area contributed by atoms with Crippen LogP contribution in [-0.4, -0.2) is 17.1 Å². The minimum absolute atomic E-state index is 0.616. The number of hydrogen-bond acceptors (Lipinski definition) is 2. The van der Waals surface area contributed by atoms with E-state index in [0.717, 1.165) is 4.99 Å². The topological polar surface area (TPSA) is 24.1 Å². The van der Waals surface area contributed by atoms with E-state index in [9.17, 15) is 0 Å². The Bertz CT molecular complexity index is 276. The highest BCUT2D eigenvalue weighted by Gasteiger charge is 2.13. The third-order valence-corrected chi connectivity index (χ3v) is 4.38. The van der Waals surface area contributed by atoms with Gasteiger partial charge in [-0.2, -0.15) is 0 Å². The lowest BCUT2D eigenvalue weighted by Gasteiger charge is -2.23. The molecule has 0 bridgehead atoms. The van der Waals surface area contributed by atoms with Crippen molar-refractivity contribution in [1.82, 2.24) is 10.6 Å². The first kappa shape index (κ1) is 13.9. The fraction of sp³-hybridized carbons (Fsp3) is 0.800. The van der Waals surface area contributed by atoms with Gasteiger partial charge in [0.15, 0.2) is 0 Å². The van der Waals surface area contributed by atoms with Crippen LogP contribution < -0.4 is 10.6 Å². The Balaban J connectivity index is 1.63.